The van der Waals surface area contributed by atoms with Crippen molar-refractivity contribution < 1.29 is 8.78 Å². The fourth-order valence-electron chi connectivity index (χ4n) is 3.15. The second-order valence-corrected chi connectivity index (χ2v) is 5.91. The second-order valence-electron chi connectivity index (χ2n) is 5.91. The van der Waals surface area contributed by atoms with E-state index in [9.17, 15) is 8.78 Å². The van der Waals surface area contributed by atoms with Gasteiger partial charge in [-0.15, -0.1) is 0 Å². The van der Waals surface area contributed by atoms with E-state index >= 15 is 0 Å². The minimum Gasteiger partial charge on any atom is -0.315 e. The first kappa shape index (κ1) is 16.0. The zero-order chi connectivity index (χ0) is 16.2. The third-order valence-electron chi connectivity index (χ3n) is 4.31. The zero-order valence-corrected chi connectivity index (χ0v) is 13.2. The van der Waals surface area contributed by atoms with Crippen LogP contribution >= 0.6 is 0 Å². The summed E-state index contributed by atoms with van der Waals surface area (Å²) in [5, 5.41) is 3.36. The number of aryl methyl sites for hydroxylation is 1. The van der Waals surface area contributed by atoms with Crippen molar-refractivity contribution in [2.75, 3.05) is 26.2 Å². The Morgan fingerprint density at radius 3 is 2.83 bits per heavy atom. The van der Waals surface area contributed by atoms with E-state index < -0.39 is 11.6 Å². The molecule has 2 aromatic rings. The van der Waals surface area contributed by atoms with Crippen LogP contribution in [0.5, 0.6) is 0 Å². The van der Waals surface area contributed by atoms with E-state index in [1.54, 1.807) is 12.3 Å². The lowest BCUT2D eigenvalue weighted by Gasteiger charge is -2.31. The number of aromatic nitrogens is 1. The molecule has 122 valence electrons. The Balaban J connectivity index is 2.07. The van der Waals surface area contributed by atoms with Gasteiger partial charge in [0, 0.05) is 37.5 Å². The van der Waals surface area contributed by atoms with Crippen LogP contribution in [0.15, 0.2) is 36.5 Å². The number of hydrogen-bond acceptors (Lipinski definition) is 3. The number of halogens is 2. The molecule has 0 bridgehead atoms. The summed E-state index contributed by atoms with van der Waals surface area (Å²) in [5.41, 5.74) is 2.33. The molecule has 1 aromatic carbocycles. The molecule has 0 aliphatic carbocycles. The number of pyridine rings is 1. The summed E-state index contributed by atoms with van der Waals surface area (Å²) < 4.78 is 27.8. The summed E-state index contributed by atoms with van der Waals surface area (Å²) >= 11 is 0. The Hall–Kier alpha value is -1.85. The highest BCUT2D eigenvalue weighted by molar-refractivity contribution is 5.33. The molecule has 2 heterocycles. The van der Waals surface area contributed by atoms with E-state index in [0.717, 1.165) is 49.9 Å². The molecule has 1 N–H and O–H groups in total. The molecule has 0 radical (unpaired) electrons. The van der Waals surface area contributed by atoms with Gasteiger partial charge in [0.2, 0.25) is 0 Å². The number of hydrogen-bond donors (Lipinski definition) is 1. The number of nitrogens with zero attached hydrogens (tertiary/aromatic N) is 2. The van der Waals surface area contributed by atoms with Gasteiger partial charge in [-0.25, -0.2) is 8.78 Å². The molecule has 1 aromatic heterocycles. The van der Waals surface area contributed by atoms with Gasteiger partial charge in [0.25, 0.3) is 0 Å². The van der Waals surface area contributed by atoms with Gasteiger partial charge in [0.05, 0.1) is 11.7 Å². The normalized spacial score (nSPS) is 17.7. The Morgan fingerprint density at radius 2 is 2.04 bits per heavy atom. The Morgan fingerprint density at radius 1 is 1.17 bits per heavy atom. The van der Waals surface area contributed by atoms with Crippen LogP contribution < -0.4 is 5.32 Å². The first-order chi connectivity index (χ1) is 11.2. The summed E-state index contributed by atoms with van der Waals surface area (Å²) in [4.78, 5) is 6.73. The SMILES string of the molecule is Cc1cccnc1C(c1ccc(F)cc1F)N1CCCNCC1. The van der Waals surface area contributed by atoms with Gasteiger partial charge >= 0.3 is 0 Å². The largest absolute Gasteiger partial charge is 0.315 e. The van der Waals surface area contributed by atoms with E-state index in [1.807, 2.05) is 19.1 Å². The first-order valence-electron chi connectivity index (χ1n) is 7.98. The van der Waals surface area contributed by atoms with E-state index in [0.29, 0.717) is 5.56 Å². The highest BCUT2D eigenvalue weighted by atomic mass is 19.1. The maximum Gasteiger partial charge on any atom is 0.131 e. The van der Waals surface area contributed by atoms with Crippen LogP contribution in [0.1, 0.15) is 29.3 Å². The molecule has 0 spiro atoms. The van der Waals surface area contributed by atoms with Crippen molar-refractivity contribution >= 4 is 0 Å². The van der Waals surface area contributed by atoms with E-state index in [4.69, 9.17) is 0 Å². The van der Waals surface area contributed by atoms with Crippen molar-refractivity contribution in [2.45, 2.75) is 19.4 Å². The number of benzene rings is 1. The molecule has 5 heteroatoms. The minimum atomic E-state index is -0.555. The summed E-state index contributed by atoms with van der Waals surface area (Å²) in [7, 11) is 0. The van der Waals surface area contributed by atoms with Crippen LogP contribution in [-0.4, -0.2) is 36.1 Å². The summed E-state index contributed by atoms with van der Waals surface area (Å²) in [6.45, 7) is 5.44. The molecule has 3 nitrogen and oxygen atoms in total. The lowest BCUT2D eigenvalue weighted by molar-refractivity contribution is 0.232. The molecule has 3 rings (SSSR count). The molecule has 0 amide bonds. The monoisotopic (exact) mass is 317 g/mol. The number of rotatable bonds is 3. The molecule has 1 atom stereocenters. The van der Waals surface area contributed by atoms with Crippen LogP contribution in [-0.2, 0) is 0 Å². The van der Waals surface area contributed by atoms with Crippen molar-refractivity contribution in [3.8, 4) is 0 Å². The molecule has 1 aliphatic heterocycles. The Bertz CT molecular complexity index is 667. The minimum absolute atomic E-state index is 0.295. The average Bonchev–Trinajstić information content (AvgIpc) is 2.80. The van der Waals surface area contributed by atoms with Gasteiger partial charge in [-0.1, -0.05) is 12.1 Å². The Labute approximate surface area is 135 Å². The Kier molecular flexibility index (Phi) is 4.98. The van der Waals surface area contributed by atoms with Crippen molar-refractivity contribution in [1.29, 1.82) is 0 Å². The summed E-state index contributed by atoms with van der Waals surface area (Å²) in [6, 6.07) is 7.38. The van der Waals surface area contributed by atoms with Crippen LogP contribution in [0.4, 0.5) is 8.78 Å². The molecular formula is C18H21F2N3. The van der Waals surface area contributed by atoms with Gasteiger partial charge in [0.15, 0.2) is 0 Å². The maximum absolute atomic E-state index is 14.5. The lowest BCUT2D eigenvalue weighted by Crippen LogP contribution is -2.34. The van der Waals surface area contributed by atoms with Gasteiger partial charge in [-0.2, -0.15) is 0 Å². The molecular weight excluding hydrogens is 296 g/mol. The second kappa shape index (κ2) is 7.15. The van der Waals surface area contributed by atoms with Gasteiger partial charge in [-0.05, 0) is 37.6 Å². The highest BCUT2D eigenvalue weighted by Crippen LogP contribution is 2.31. The molecule has 1 fully saturated rings. The topological polar surface area (TPSA) is 28.2 Å². The van der Waals surface area contributed by atoms with Crippen molar-refractivity contribution in [1.82, 2.24) is 15.2 Å². The zero-order valence-electron chi connectivity index (χ0n) is 13.2. The van der Waals surface area contributed by atoms with Gasteiger partial charge in [0.1, 0.15) is 11.6 Å². The van der Waals surface area contributed by atoms with E-state index in [2.05, 4.69) is 15.2 Å². The van der Waals surface area contributed by atoms with Crippen LogP contribution in [0.25, 0.3) is 0 Å². The van der Waals surface area contributed by atoms with E-state index in [-0.39, 0.29) is 6.04 Å². The van der Waals surface area contributed by atoms with Gasteiger partial charge in [-0.3, -0.25) is 9.88 Å². The predicted octanol–water partition coefficient (Wildman–Crippen LogP) is 3.05. The standard InChI is InChI=1S/C18H21F2N3/c1-13-4-2-8-22-17(13)18(23-10-3-7-21-9-11-23)15-6-5-14(19)12-16(15)20/h2,4-6,8,12,18,21H,3,7,9-11H2,1H3. The summed E-state index contributed by atoms with van der Waals surface area (Å²) in [6.07, 6.45) is 2.72. The molecule has 1 unspecified atom stereocenters. The van der Waals surface area contributed by atoms with Crippen molar-refractivity contribution in [2.24, 2.45) is 0 Å². The quantitative estimate of drug-likeness (QED) is 0.943. The van der Waals surface area contributed by atoms with Crippen LogP contribution in [0, 0.1) is 18.6 Å². The average molecular weight is 317 g/mol. The number of nitrogens with one attached hydrogen (secondary N) is 1. The third kappa shape index (κ3) is 3.57. The molecule has 0 saturated carbocycles. The van der Waals surface area contributed by atoms with Crippen molar-refractivity contribution in [3.05, 3.63) is 65.0 Å². The molecule has 23 heavy (non-hydrogen) atoms. The maximum atomic E-state index is 14.5. The molecule has 1 saturated heterocycles. The fourth-order valence-corrected chi connectivity index (χ4v) is 3.15. The fraction of sp³-hybridized carbons (Fsp3) is 0.389. The lowest BCUT2D eigenvalue weighted by atomic mass is 9.97. The van der Waals surface area contributed by atoms with Crippen LogP contribution in [0.3, 0.4) is 0 Å². The first-order valence-corrected chi connectivity index (χ1v) is 7.98. The van der Waals surface area contributed by atoms with Crippen molar-refractivity contribution in [3.63, 3.8) is 0 Å². The molecule has 1 aliphatic rings. The third-order valence-corrected chi connectivity index (χ3v) is 4.31. The predicted molar refractivity (Wildman–Crippen MR) is 86.2 cm³/mol. The van der Waals surface area contributed by atoms with Gasteiger partial charge < -0.3 is 5.32 Å². The smallest absolute Gasteiger partial charge is 0.131 e. The van der Waals surface area contributed by atoms with Crippen LogP contribution in [0.2, 0.25) is 0 Å². The highest BCUT2D eigenvalue weighted by Gasteiger charge is 2.28. The summed E-state index contributed by atoms with van der Waals surface area (Å²) in [5.74, 6) is -1.07. The van der Waals surface area contributed by atoms with E-state index in [1.165, 1.54) is 6.07 Å².